The molecule has 2 N–H and O–H groups in total. The van der Waals surface area contributed by atoms with Crippen LogP contribution in [0, 0.1) is 5.41 Å². The predicted molar refractivity (Wildman–Crippen MR) is 133 cm³/mol. The molecule has 2 fully saturated rings. The number of nitrogens with zero attached hydrogens (tertiary/aromatic N) is 3. The van der Waals surface area contributed by atoms with Gasteiger partial charge in [-0.05, 0) is 55.7 Å². The molecule has 1 unspecified atom stereocenters. The molecule has 2 heterocycles. The van der Waals surface area contributed by atoms with Crippen molar-refractivity contribution < 1.29 is 23.2 Å². The van der Waals surface area contributed by atoms with Crippen LogP contribution in [0.15, 0.2) is 48.0 Å². The number of thiazole rings is 1. The van der Waals surface area contributed by atoms with E-state index in [0.29, 0.717) is 22.5 Å². The SMILES string of the molecule is CC1(CC2(F)CCN(C(=O)c3ccc(NSN(O)c4cccc5scnc45)cc3)CC2)CC1(F)F. The van der Waals surface area contributed by atoms with Gasteiger partial charge < -0.3 is 9.62 Å². The van der Waals surface area contributed by atoms with Crippen LogP contribution in [-0.4, -0.2) is 45.7 Å². The fraction of sp³-hybridized carbons (Fsp3) is 0.417. The Morgan fingerprint density at radius 1 is 1.20 bits per heavy atom. The molecule has 1 atom stereocenters. The average molecular weight is 523 g/mol. The maximum Gasteiger partial charge on any atom is 0.254 e. The van der Waals surface area contributed by atoms with Crippen molar-refractivity contribution in [3.8, 4) is 0 Å². The summed E-state index contributed by atoms with van der Waals surface area (Å²) >= 11 is 2.45. The van der Waals surface area contributed by atoms with Gasteiger partial charge in [-0.15, -0.1) is 11.3 Å². The van der Waals surface area contributed by atoms with Gasteiger partial charge in [-0.1, -0.05) is 13.0 Å². The highest BCUT2D eigenvalue weighted by atomic mass is 32.2. The van der Waals surface area contributed by atoms with Crippen molar-refractivity contribution in [3.05, 3.63) is 53.5 Å². The van der Waals surface area contributed by atoms with E-state index >= 15 is 4.39 Å². The third-order valence-corrected chi connectivity index (χ3v) is 8.44. The number of hydrogen-bond donors (Lipinski definition) is 2. The molecular weight excluding hydrogens is 497 g/mol. The summed E-state index contributed by atoms with van der Waals surface area (Å²) in [5, 5.41) is 10.4. The minimum absolute atomic E-state index is 0.0682. The summed E-state index contributed by atoms with van der Waals surface area (Å²) in [7, 11) is 0. The number of fused-ring (bicyclic) bond motifs is 1. The third-order valence-electron chi connectivity index (χ3n) is 6.95. The minimum Gasteiger partial charge on any atom is -0.338 e. The normalized spacial score (nSPS) is 22.7. The van der Waals surface area contributed by atoms with Crippen LogP contribution in [0.5, 0.6) is 0 Å². The summed E-state index contributed by atoms with van der Waals surface area (Å²) < 4.78 is 47.2. The molecular formula is C24H25F3N4O2S2. The molecule has 0 radical (unpaired) electrons. The molecule has 186 valence electrons. The maximum atomic E-state index is 15.2. The van der Waals surface area contributed by atoms with Gasteiger partial charge >= 0.3 is 0 Å². The van der Waals surface area contributed by atoms with Crippen LogP contribution in [0.4, 0.5) is 24.5 Å². The molecule has 1 saturated heterocycles. The number of halogens is 3. The Morgan fingerprint density at radius 2 is 1.89 bits per heavy atom. The molecule has 2 aliphatic rings. The van der Waals surface area contributed by atoms with Crippen LogP contribution in [-0.2, 0) is 0 Å². The van der Waals surface area contributed by atoms with Crippen LogP contribution in [0.25, 0.3) is 10.2 Å². The molecule has 35 heavy (non-hydrogen) atoms. The van der Waals surface area contributed by atoms with Gasteiger partial charge in [-0.2, -0.15) is 4.47 Å². The molecule has 0 bridgehead atoms. The number of rotatable bonds is 7. The van der Waals surface area contributed by atoms with Gasteiger partial charge in [-0.25, -0.2) is 18.2 Å². The van der Waals surface area contributed by atoms with Gasteiger partial charge in [0.2, 0.25) is 0 Å². The van der Waals surface area contributed by atoms with Crippen LogP contribution in [0.3, 0.4) is 0 Å². The molecule has 1 aromatic heterocycles. The monoisotopic (exact) mass is 522 g/mol. The highest BCUT2D eigenvalue weighted by Gasteiger charge is 2.69. The number of anilines is 2. The molecule has 3 aromatic rings. The van der Waals surface area contributed by atoms with E-state index in [4.69, 9.17) is 0 Å². The number of hydrogen-bond acceptors (Lipinski definition) is 7. The van der Waals surface area contributed by atoms with E-state index in [1.807, 2.05) is 12.1 Å². The first kappa shape index (κ1) is 24.2. The summed E-state index contributed by atoms with van der Waals surface area (Å²) in [6, 6.07) is 12.3. The van der Waals surface area contributed by atoms with Gasteiger partial charge in [-0.3, -0.25) is 10.0 Å². The summed E-state index contributed by atoms with van der Waals surface area (Å²) in [4.78, 5) is 18.7. The van der Waals surface area contributed by atoms with Crippen molar-refractivity contribution in [1.29, 1.82) is 0 Å². The topological polar surface area (TPSA) is 68.7 Å². The lowest BCUT2D eigenvalue weighted by atomic mass is 9.83. The number of aromatic nitrogens is 1. The molecule has 2 aromatic carbocycles. The molecule has 5 rings (SSSR count). The first-order valence-corrected chi connectivity index (χ1v) is 12.9. The third kappa shape index (κ3) is 4.81. The smallest absolute Gasteiger partial charge is 0.254 e. The first-order chi connectivity index (χ1) is 16.6. The number of alkyl halides is 3. The van der Waals surface area contributed by atoms with Gasteiger partial charge in [0, 0.05) is 36.2 Å². The second kappa shape index (κ2) is 8.86. The highest BCUT2D eigenvalue weighted by Crippen LogP contribution is 2.64. The molecule has 11 heteroatoms. The van der Waals surface area contributed by atoms with E-state index in [9.17, 15) is 18.8 Å². The largest absolute Gasteiger partial charge is 0.338 e. The number of nitrogens with one attached hydrogen (secondary N) is 1. The molecule has 6 nitrogen and oxygen atoms in total. The Balaban J connectivity index is 1.14. The average Bonchev–Trinajstić information content (AvgIpc) is 3.15. The predicted octanol–water partition coefficient (Wildman–Crippen LogP) is 6.55. The molecule has 1 aliphatic carbocycles. The van der Waals surface area contributed by atoms with Crippen molar-refractivity contribution in [2.24, 2.45) is 5.41 Å². The zero-order valence-corrected chi connectivity index (χ0v) is 20.6. The number of likely N-dealkylation sites (tertiary alicyclic amines) is 1. The minimum atomic E-state index is -2.78. The molecule has 0 spiro atoms. The van der Waals surface area contributed by atoms with E-state index in [1.54, 1.807) is 40.7 Å². The number of piperidine rings is 1. The second-order valence-electron chi connectivity index (χ2n) is 9.58. The van der Waals surface area contributed by atoms with Crippen molar-refractivity contribution in [1.82, 2.24) is 9.88 Å². The van der Waals surface area contributed by atoms with Crippen molar-refractivity contribution in [2.45, 2.75) is 44.2 Å². The first-order valence-electron chi connectivity index (χ1n) is 11.3. The Hall–Kier alpha value is -2.50. The van der Waals surface area contributed by atoms with E-state index < -0.39 is 17.0 Å². The second-order valence-corrected chi connectivity index (χ2v) is 11.2. The van der Waals surface area contributed by atoms with Gasteiger partial charge in [0.1, 0.15) is 16.9 Å². The standard InChI is InChI=1S/C24H25F3N4O2S2/c1-22(14-24(22,26)27)13-23(25)9-11-30(12-10-23)21(32)16-5-7-17(8-6-16)29-35-31(33)18-3-2-4-19-20(18)28-15-34-19/h2-8,15,29,33H,9-14H2,1H3. The molecule has 1 saturated carbocycles. The lowest BCUT2D eigenvalue weighted by molar-refractivity contribution is 0.00167. The Bertz CT molecular complexity index is 1230. The number of carbonyl (C=O) groups excluding carboxylic acids is 1. The van der Waals surface area contributed by atoms with E-state index in [0.717, 1.165) is 21.3 Å². The summed E-state index contributed by atoms with van der Waals surface area (Å²) in [6.45, 7) is 1.85. The van der Waals surface area contributed by atoms with Crippen LogP contribution >= 0.6 is 23.5 Å². The van der Waals surface area contributed by atoms with Crippen molar-refractivity contribution in [3.63, 3.8) is 0 Å². The number of amides is 1. The number of benzene rings is 2. The van der Waals surface area contributed by atoms with Crippen molar-refractivity contribution in [2.75, 3.05) is 22.3 Å². The van der Waals surface area contributed by atoms with Gasteiger partial charge in [0.25, 0.3) is 11.8 Å². The number of carbonyl (C=O) groups is 1. The molecule has 1 aliphatic heterocycles. The summed E-state index contributed by atoms with van der Waals surface area (Å²) in [6.07, 6.45) is -0.287. The maximum absolute atomic E-state index is 15.2. The van der Waals surface area contributed by atoms with E-state index in [2.05, 4.69) is 9.71 Å². The lowest BCUT2D eigenvalue weighted by Crippen LogP contribution is -2.45. The Kier molecular flexibility index (Phi) is 6.13. The Morgan fingerprint density at radius 3 is 2.54 bits per heavy atom. The van der Waals surface area contributed by atoms with Crippen LogP contribution in [0.2, 0.25) is 0 Å². The van der Waals surface area contributed by atoms with E-state index in [1.165, 1.54) is 18.3 Å². The highest BCUT2D eigenvalue weighted by molar-refractivity contribution is 8.01. The fourth-order valence-electron chi connectivity index (χ4n) is 4.66. The molecule has 1 amide bonds. The number of para-hydroxylation sites is 1. The lowest BCUT2D eigenvalue weighted by Gasteiger charge is -2.38. The zero-order chi connectivity index (χ0) is 24.8. The van der Waals surface area contributed by atoms with Gasteiger partial charge in [0.15, 0.2) is 0 Å². The van der Waals surface area contributed by atoms with Crippen LogP contribution < -0.4 is 9.19 Å². The zero-order valence-electron chi connectivity index (χ0n) is 19.0. The summed E-state index contributed by atoms with van der Waals surface area (Å²) in [5.41, 5.74) is 1.20. The quantitative estimate of drug-likeness (QED) is 0.271. The summed E-state index contributed by atoms with van der Waals surface area (Å²) in [5.74, 6) is -3.00. The van der Waals surface area contributed by atoms with E-state index in [-0.39, 0.29) is 44.7 Å². The van der Waals surface area contributed by atoms with Crippen molar-refractivity contribution >= 4 is 51.0 Å². The fourth-order valence-corrected chi connectivity index (χ4v) is 5.93. The van der Waals surface area contributed by atoms with Crippen LogP contribution in [0.1, 0.15) is 43.0 Å². The van der Waals surface area contributed by atoms with Gasteiger partial charge in [0.05, 0.1) is 22.3 Å². The Labute approximate surface area is 209 Å².